The molecule has 1 amide bonds. The maximum absolute atomic E-state index is 12.3. The minimum absolute atomic E-state index is 0.366. The van der Waals surface area contributed by atoms with E-state index in [0.29, 0.717) is 27.3 Å². The first-order chi connectivity index (χ1) is 13.0. The number of methoxy groups -OCH3 is 1. The summed E-state index contributed by atoms with van der Waals surface area (Å²) in [6, 6.07) is 6.82. The lowest BCUT2D eigenvalue weighted by Crippen LogP contribution is -2.21. The molecule has 1 aliphatic carbocycles. The molecule has 1 aromatic heterocycles. The Hall–Kier alpha value is -2.05. The SMILES string of the molecule is CC[C@H]1CCc2sc(C(=O)OCC(=O)Nc3cc(Cl)ccc3OC)cc2C1. The number of esters is 1. The molecule has 27 heavy (non-hydrogen) atoms. The summed E-state index contributed by atoms with van der Waals surface area (Å²) in [4.78, 5) is 26.3. The van der Waals surface area contributed by atoms with Gasteiger partial charge in [-0.05, 0) is 55.0 Å². The number of amides is 1. The van der Waals surface area contributed by atoms with Crippen LogP contribution in [0.4, 0.5) is 5.69 Å². The molecule has 0 bridgehead atoms. The number of carbonyl (C=O) groups excluding carboxylic acids is 2. The van der Waals surface area contributed by atoms with Crippen molar-refractivity contribution in [3.8, 4) is 5.75 Å². The Labute approximate surface area is 167 Å². The van der Waals surface area contributed by atoms with E-state index in [-0.39, 0.29) is 6.61 Å². The van der Waals surface area contributed by atoms with Crippen molar-refractivity contribution >= 4 is 40.5 Å². The van der Waals surface area contributed by atoms with Crippen LogP contribution in [0.1, 0.15) is 39.9 Å². The lowest BCUT2D eigenvalue weighted by Gasteiger charge is -2.19. The average Bonchev–Trinajstić information content (AvgIpc) is 3.09. The number of hydrogen-bond donors (Lipinski definition) is 1. The van der Waals surface area contributed by atoms with Crippen molar-refractivity contribution < 1.29 is 19.1 Å². The molecule has 0 unspecified atom stereocenters. The maximum atomic E-state index is 12.3. The lowest BCUT2D eigenvalue weighted by atomic mass is 9.87. The van der Waals surface area contributed by atoms with Gasteiger partial charge in [-0.1, -0.05) is 24.9 Å². The number of anilines is 1. The smallest absolute Gasteiger partial charge is 0.348 e. The minimum Gasteiger partial charge on any atom is -0.495 e. The van der Waals surface area contributed by atoms with Crippen LogP contribution in [0.2, 0.25) is 5.02 Å². The van der Waals surface area contributed by atoms with Crippen molar-refractivity contribution in [1.29, 1.82) is 0 Å². The summed E-state index contributed by atoms with van der Waals surface area (Å²) in [5.41, 5.74) is 1.68. The number of carbonyl (C=O) groups is 2. The topological polar surface area (TPSA) is 64.6 Å². The predicted octanol–water partition coefficient (Wildman–Crippen LogP) is 4.72. The molecule has 0 spiro atoms. The fourth-order valence-electron chi connectivity index (χ4n) is 3.21. The number of rotatable bonds is 6. The third kappa shape index (κ3) is 4.82. The van der Waals surface area contributed by atoms with Gasteiger partial charge in [0.05, 0.1) is 12.8 Å². The Morgan fingerprint density at radius 2 is 2.15 bits per heavy atom. The summed E-state index contributed by atoms with van der Waals surface area (Å²) in [5, 5.41) is 3.12. The zero-order chi connectivity index (χ0) is 19.4. The van der Waals surface area contributed by atoms with Gasteiger partial charge in [0.25, 0.3) is 5.91 Å². The second kappa shape index (κ2) is 8.76. The molecule has 5 nitrogen and oxygen atoms in total. The van der Waals surface area contributed by atoms with Gasteiger partial charge in [-0.15, -0.1) is 11.3 Å². The fraction of sp³-hybridized carbons (Fsp3) is 0.400. The van der Waals surface area contributed by atoms with Crippen molar-refractivity contribution in [2.75, 3.05) is 19.0 Å². The van der Waals surface area contributed by atoms with Gasteiger partial charge in [-0.2, -0.15) is 0 Å². The minimum atomic E-state index is -0.462. The highest BCUT2D eigenvalue weighted by Crippen LogP contribution is 2.34. The molecular formula is C20H22ClNO4S. The van der Waals surface area contributed by atoms with Crippen molar-refractivity contribution in [3.63, 3.8) is 0 Å². The largest absolute Gasteiger partial charge is 0.495 e. The Morgan fingerprint density at radius 1 is 1.33 bits per heavy atom. The van der Waals surface area contributed by atoms with Crippen LogP contribution in [0.5, 0.6) is 5.75 Å². The highest BCUT2D eigenvalue weighted by molar-refractivity contribution is 7.14. The summed E-state index contributed by atoms with van der Waals surface area (Å²) < 4.78 is 10.4. The van der Waals surface area contributed by atoms with E-state index in [1.54, 1.807) is 18.2 Å². The number of halogens is 1. The average molecular weight is 408 g/mol. The highest BCUT2D eigenvalue weighted by atomic mass is 35.5. The molecule has 144 valence electrons. The molecule has 0 saturated carbocycles. The van der Waals surface area contributed by atoms with Crippen LogP contribution in [0.25, 0.3) is 0 Å². The second-order valence-electron chi connectivity index (χ2n) is 6.55. The molecule has 1 aliphatic rings. The molecule has 2 aromatic rings. The van der Waals surface area contributed by atoms with E-state index in [1.807, 2.05) is 6.07 Å². The molecule has 1 aromatic carbocycles. The number of benzene rings is 1. The molecule has 3 rings (SSSR count). The number of thiophene rings is 1. The summed E-state index contributed by atoms with van der Waals surface area (Å²) in [5.74, 6) is 0.261. The predicted molar refractivity (Wildman–Crippen MR) is 107 cm³/mol. The third-order valence-corrected chi connectivity index (χ3v) is 6.19. The molecule has 0 radical (unpaired) electrons. The van der Waals surface area contributed by atoms with Crippen LogP contribution in [-0.4, -0.2) is 25.6 Å². The molecule has 0 saturated heterocycles. The molecular weight excluding hydrogens is 386 g/mol. The first-order valence-electron chi connectivity index (χ1n) is 8.92. The Bertz CT molecular complexity index is 849. The van der Waals surface area contributed by atoms with Crippen LogP contribution in [0.3, 0.4) is 0 Å². The van der Waals surface area contributed by atoms with Gasteiger partial charge in [0.1, 0.15) is 10.6 Å². The second-order valence-corrected chi connectivity index (χ2v) is 8.12. The molecule has 7 heteroatoms. The van der Waals surface area contributed by atoms with Gasteiger partial charge >= 0.3 is 5.97 Å². The molecule has 1 atom stereocenters. The standard InChI is InChI=1S/C20H22ClNO4S/c1-3-12-4-7-17-13(8-12)9-18(27-17)20(24)26-11-19(23)22-15-10-14(21)5-6-16(15)25-2/h5-6,9-10,12H,3-4,7-8,11H2,1-2H3,(H,22,23)/t12-/m0/s1. The third-order valence-electron chi connectivity index (χ3n) is 4.73. The monoisotopic (exact) mass is 407 g/mol. The van der Waals surface area contributed by atoms with E-state index in [1.165, 1.54) is 35.3 Å². The summed E-state index contributed by atoms with van der Waals surface area (Å²) in [6.45, 7) is 1.83. The van der Waals surface area contributed by atoms with E-state index in [2.05, 4.69) is 12.2 Å². The van der Waals surface area contributed by atoms with E-state index in [4.69, 9.17) is 21.1 Å². The number of aryl methyl sites for hydroxylation is 1. The fourth-order valence-corrected chi connectivity index (χ4v) is 4.49. The van der Waals surface area contributed by atoms with Crippen molar-refractivity contribution in [2.45, 2.75) is 32.6 Å². The molecule has 1 N–H and O–H groups in total. The van der Waals surface area contributed by atoms with E-state index in [0.717, 1.165) is 19.3 Å². The van der Waals surface area contributed by atoms with Gasteiger partial charge in [0, 0.05) is 9.90 Å². The van der Waals surface area contributed by atoms with E-state index in [9.17, 15) is 9.59 Å². The molecule has 0 fully saturated rings. The van der Waals surface area contributed by atoms with Crippen LogP contribution < -0.4 is 10.1 Å². The van der Waals surface area contributed by atoms with Crippen LogP contribution in [0, 0.1) is 5.92 Å². The Kier molecular flexibility index (Phi) is 6.39. The summed E-state index contributed by atoms with van der Waals surface area (Å²) in [6.07, 6.45) is 4.36. The maximum Gasteiger partial charge on any atom is 0.348 e. The van der Waals surface area contributed by atoms with Crippen molar-refractivity contribution in [2.24, 2.45) is 5.92 Å². The first-order valence-corrected chi connectivity index (χ1v) is 10.1. The zero-order valence-electron chi connectivity index (χ0n) is 15.3. The molecule has 0 aliphatic heterocycles. The Morgan fingerprint density at radius 3 is 2.89 bits per heavy atom. The number of fused-ring (bicyclic) bond motifs is 1. The van der Waals surface area contributed by atoms with Crippen LogP contribution >= 0.6 is 22.9 Å². The van der Waals surface area contributed by atoms with E-state index >= 15 is 0 Å². The van der Waals surface area contributed by atoms with Crippen LogP contribution in [0.15, 0.2) is 24.3 Å². The number of nitrogens with one attached hydrogen (secondary N) is 1. The zero-order valence-corrected chi connectivity index (χ0v) is 16.9. The first kappa shape index (κ1) is 19.7. The van der Waals surface area contributed by atoms with Gasteiger partial charge < -0.3 is 14.8 Å². The van der Waals surface area contributed by atoms with Gasteiger partial charge in [-0.25, -0.2) is 4.79 Å². The Balaban J connectivity index is 1.57. The van der Waals surface area contributed by atoms with Crippen LogP contribution in [-0.2, 0) is 22.4 Å². The van der Waals surface area contributed by atoms with Crippen molar-refractivity contribution in [1.82, 2.24) is 0 Å². The summed E-state index contributed by atoms with van der Waals surface area (Å²) in [7, 11) is 1.50. The quantitative estimate of drug-likeness (QED) is 0.703. The molecule has 1 heterocycles. The van der Waals surface area contributed by atoms with Gasteiger partial charge in [-0.3, -0.25) is 4.79 Å². The van der Waals surface area contributed by atoms with E-state index < -0.39 is 11.9 Å². The van der Waals surface area contributed by atoms with Gasteiger partial charge in [0.2, 0.25) is 0 Å². The van der Waals surface area contributed by atoms with Gasteiger partial charge in [0.15, 0.2) is 6.61 Å². The number of ether oxygens (including phenoxy) is 2. The normalized spacial score (nSPS) is 15.7. The van der Waals surface area contributed by atoms with Crippen molar-refractivity contribution in [3.05, 3.63) is 44.6 Å². The summed E-state index contributed by atoms with van der Waals surface area (Å²) >= 11 is 7.42. The lowest BCUT2D eigenvalue weighted by molar-refractivity contribution is -0.119. The number of hydrogen-bond acceptors (Lipinski definition) is 5. The highest BCUT2D eigenvalue weighted by Gasteiger charge is 2.23.